The Hall–Kier alpha value is -1.30. The Bertz CT molecular complexity index is 555. The summed E-state index contributed by atoms with van der Waals surface area (Å²) >= 11 is 0. The van der Waals surface area contributed by atoms with E-state index in [1.54, 1.807) is 0 Å². The maximum absolute atomic E-state index is 14.3. The second kappa shape index (κ2) is 8.88. The van der Waals surface area contributed by atoms with E-state index in [4.69, 9.17) is 9.47 Å². The molecule has 0 bridgehead atoms. The van der Waals surface area contributed by atoms with Gasteiger partial charge in [0.1, 0.15) is 0 Å². The van der Waals surface area contributed by atoms with E-state index in [9.17, 15) is 17.6 Å². The molecule has 0 radical (unpaired) electrons. The van der Waals surface area contributed by atoms with Crippen molar-refractivity contribution in [1.29, 1.82) is 0 Å². The zero-order valence-corrected chi connectivity index (χ0v) is 14.8. The van der Waals surface area contributed by atoms with Crippen LogP contribution in [0.15, 0.2) is 12.1 Å². The molecule has 0 saturated carbocycles. The molecule has 25 heavy (non-hydrogen) atoms. The monoisotopic (exact) mass is 362 g/mol. The Labute approximate surface area is 146 Å². The minimum absolute atomic E-state index is 0.0366. The first kappa shape index (κ1) is 20.0. The van der Waals surface area contributed by atoms with Crippen molar-refractivity contribution in [3.05, 3.63) is 29.3 Å². The minimum Gasteiger partial charge on any atom is -0.490 e. The zero-order chi connectivity index (χ0) is 18.4. The van der Waals surface area contributed by atoms with E-state index in [1.165, 1.54) is 19.1 Å². The van der Waals surface area contributed by atoms with Gasteiger partial charge in [0.2, 0.25) is 5.82 Å². The van der Waals surface area contributed by atoms with Gasteiger partial charge in [0.15, 0.2) is 11.6 Å². The predicted octanol–water partition coefficient (Wildman–Crippen LogP) is 5.66. The van der Waals surface area contributed by atoms with Crippen molar-refractivity contribution in [1.82, 2.24) is 0 Å². The average molecular weight is 362 g/mol. The lowest BCUT2D eigenvalue weighted by molar-refractivity contribution is -0.136. The summed E-state index contributed by atoms with van der Waals surface area (Å²) < 4.78 is 66.3. The summed E-state index contributed by atoms with van der Waals surface area (Å²) in [7, 11) is 0. The van der Waals surface area contributed by atoms with E-state index < -0.39 is 29.9 Å². The van der Waals surface area contributed by atoms with Crippen LogP contribution in [-0.2, 0) is 4.74 Å². The molecule has 1 heterocycles. The van der Waals surface area contributed by atoms with Gasteiger partial charge in [-0.25, -0.2) is 13.2 Å². The fourth-order valence-corrected chi connectivity index (χ4v) is 3.04. The van der Waals surface area contributed by atoms with Crippen molar-refractivity contribution in [2.45, 2.75) is 64.4 Å². The van der Waals surface area contributed by atoms with E-state index >= 15 is 0 Å². The molecule has 142 valence electrons. The molecule has 2 nitrogen and oxygen atoms in total. The molecule has 1 aliphatic rings. The lowest BCUT2D eigenvalue weighted by Gasteiger charge is -2.34. The Morgan fingerprint density at radius 2 is 1.96 bits per heavy atom. The molecular formula is C19H26F4O2. The minimum atomic E-state index is -2.95. The smallest absolute Gasteiger partial charge is 0.256 e. The molecule has 0 aromatic heterocycles. The molecule has 0 spiro atoms. The molecule has 0 N–H and O–H groups in total. The second-order valence-corrected chi connectivity index (χ2v) is 6.74. The van der Waals surface area contributed by atoms with Crippen LogP contribution in [0.1, 0.15) is 51.0 Å². The molecule has 6 heteroatoms. The zero-order valence-electron chi connectivity index (χ0n) is 14.8. The van der Waals surface area contributed by atoms with E-state index in [0.29, 0.717) is 12.8 Å². The van der Waals surface area contributed by atoms with E-state index in [1.807, 2.05) is 0 Å². The summed E-state index contributed by atoms with van der Waals surface area (Å²) in [6, 6.07) is 2.62. The summed E-state index contributed by atoms with van der Waals surface area (Å²) in [5, 5.41) is 0. The van der Waals surface area contributed by atoms with Crippen LogP contribution in [-0.4, -0.2) is 25.2 Å². The van der Waals surface area contributed by atoms with E-state index in [0.717, 1.165) is 19.3 Å². The number of halogens is 4. The van der Waals surface area contributed by atoms with Gasteiger partial charge in [0.05, 0.1) is 19.3 Å². The largest absolute Gasteiger partial charge is 0.490 e. The number of ether oxygens (including phenoxy) is 2. The van der Waals surface area contributed by atoms with Crippen molar-refractivity contribution in [3.63, 3.8) is 0 Å². The summed E-state index contributed by atoms with van der Waals surface area (Å²) in [6.07, 6.45) is 3.60. The second-order valence-electron chi connectivity index (χ2n) is 6.74. The van der Waals surface area contributed by atoms with Crippen LogP contribution in [0.2, 0.25) is 0 Å². The predicted molar refractivity (Wildman–Crippen MR) is 88.1 cm³/mol. The summed E-state index contributed by atoms with van der Waals surface area (Å²) in [5.41, 5.74) is 0.146. The Balaban J connectivity index is 1.81. The number of alkyl halides is 2. The third-order valence-electron chi connectivity index (χ3n) is 4.78. The highest BCUT2D eigenvalue weighted by Gasteiger charge is 2.41. The Morgan fingerprint density at radius 1 is 1.20 bits per heavy atom. The van der Waals surface area contributed by atoms with Gasteiger partial charge in [-0.3, -0.25) is 0 Å². The first-order valence-corrected chi connectivity index (χ1v) is 8.92. The van der Waals surface area contributed by atoms with E-state index in [2.05, 4.69) is 6.92 Å². The van der Waals surface area contributed by atoms with Crippen molar-refractivity contribution in [2.75, 3.05) is 13.2 Å². The quantitative estimate of drug-likeness (QED) is 0.555. The van der Waals surface area contributed by atoms with Crippen molar-refractivity contribution in [2.24, 2.45) is 5.92 Å². The first-order chi connectivity index (χ1) is 11.8. The summed E-state index contributed by atoms with van der Waals surface area (Å²) in [6.45, 7) is 3.17. The molecule has 2 unspecified atom stereocenters. The highest BCUT2D eigenvalue weighted by atomic mass is 19.3. The van der Waals surface area contributed by atoms with Crippen LogP contribution in [0.4, 0.5) is 17.6 Å². The van der Waals surface area contributed by atoms with Crippen LogP contribution in [0.5, 0.6) is 5.75 Å². The molecule has 0 aliphatic carbocycles. The third-order valence-corrected chi connectivity index (χ3v) is 4.78. The summed E-state index contributed by atoms with van der Waals surface area (Å²) in [5.74, 6) is -6.28. The fourth-order valence-electron chi connectivity index (χ4n) is 3.04. The maximum atomic E-state index is 14.3. The molecule has 1 saturated heterocycles. The van der Waals surface area contributed by atoms with Crippen molar-refractivity contribution < 1.29 is 27.0 Å². The molecule has 1 aromatic rings. The number of unbranched alkanes of at least 4 members (excludes halogenated alkanes) is 1. The van der Waals surface area contributed by atoms with Crippen molar-refractivity contribution >= 4 is 0 Å². The summed E-state index contributed by atoms with van der Waals surface area (Å²) in [4.78, 5) is 0. The highest BCUT2D eigenvalue weighted by molar-refractivity contribution is 5.30. The number of benzene rings is 1. The maximum Gasteiger partial charge on any atom is 0.256 e. The Kier molecular flexibility index (Phi) is 7.11. The molecule has 1 aliphatic heterocycles. The number of aryl methyl sites for hydroxylation is 1. The third kappa shape index (κ3) is 5.33. The van der Waals surface area contributed by atoms with Crippen LogP contribution >= 0.6 is 0 Å². The van der Waals surface area contributed by atoms with Crippen LogP contribution in [0.25, 0.3) is 0 Å². The number of hydrogen-bond acceptors (Lipinski definition) is 2. The van der Waals surface area contributed by atoms with Gasteiger partial charge < -0.3 is 9.47 Å². The number of hydrogen-bond donors (Lipinski definition) is 0. The SMILES string of the molecule is CCCCC1CCC(C(F)(F)CCOc2ccc(C)c(F)c2F)CO1. The highest BCUT2D eigenvalue weighted by Crippen LogP contribution is 2.36. The van der Waals surface area contributed by atoms with Gasteiger partial charge in [-0.2, -0.15) is 4.39 Å². The average Bonchev–Trinajstić information content (AvgIpc) is 2.60. The van der Waals surface area contributed by atoms with Gasteiger partial charge in [0, 0.05) is 12.3 Å². The Morgan fingerprint density at radius 3 is 2.60 bits per heavy atom. The fraction of sp³-hybridized carbons (Fsp3) is 0.684. The molecular weight excluding hydrogens is 336 g/mol. The standard InChI is InChI=1S/C19H26F4O2/c1-3-4-5-15-8-7-14(12-25-15)19(22,23)10-11-24-16-9-6-13(2)17(20)18(16)21/h6,9,14-15H,3-5,7-8,10-12H2,1-2H3. The first-order valence-electron chi connectivity index (χ1n) is 8.92. The van der Waals surface area contributed by atoms with Gasteiger partial charge >= 0.3 is 0 Å². The molecule has 2 atom stereocenters. The van der Waals surface area contributed by atoms with Crippen LogP contribution < -0.4 is 4.74 Å². The topological polar surface area (TPSA) is 18.5 Å². The van der Waals surface area contributed by atoms with Gasteiger partial charge in [-0.15, -0.1) is 0 Å². The molecule has 2 rings (SSSR count). The lowest BCUT2D eigenvalue weighted by Crippen LogP contribution is -2.38. The number of rotatable bonds is 8. The van der Waals surface area contributed by atoms with Crippen LogP contribution in [0.3, 0.4) is 0 Å². The lowest BCUT2D eigenvalue weighted by atomic mass is 9.89. The molecule has 1 fully saturated rings. The van der Waals surface area contributed by atoms with Gasteiger partial charge in [0.25, 0.3) is 5.92 Å². The van der Waals surface area contributed by atoms with Crippen LogP contribution in [0, 0.1) is 24.5 Å². The van der Waals surface area contributed by atoms with E-state index in [-0.39, 0.29) is 30.6 Å². The van der Waals surface area contributed by atoms with Gasteiger partial charge in [-0.05, 0) is 37.8 Å². The molecule has 1 aromatic carbocycles. The molecule has 0 amide bonds. The van der Waals surface area contributed by atoms with Gasteiger partial charge in [-0.1, -0.05) is 25.8 Å². The normalized spacial score (nSPS) is 21.4. The van der Waals surface area contributed by atoms with Crippen molar-refractivity contribution in [3.8, 4) is 5.75 Å².